The Balaban J connectivity index is 2.54. The van der Waals surface area contributed by atoms with Crippen LogP contribution in [0.15, 0.2) is 30.6 Å². The van der Waals surface area contributed by atoms with Crippen LogP contribution in [0, 0.1) is 4.64 Å². The fraction of sp³-hybridized carbons (Fsp3) is 0.182. The lowest BCUT2D eigenvalue weighted by Crippen LogP contribution is -1.94. The minimum atomic E-state index is 0.623. The van der Waals surface area contributed by atoms with Crippen LogP contribution < -0.4 is 0 Å². The number of nitrogens with one attached hydrogen (secondary N) is 1. The Bertz CT molecular complexity index is 505. The van der Waals surface area contributed by atoms with E-state index in [0.717, 1.165) is 23.5 Å². The van der Waals surface area contributed by atoms with Gasteiger partial charge in [0.05, 0.1) is 0 Å². The molecule has 0 atom stereocenters. The number of nitrogens with zero attached hydrogens (tertiary/aromatic N) is 2. The van der Waals surface area contributed by atoms with Crippen LogP contribution in [-0.4, -0.2) is 15.0 Å². The van der Waals surface area contributed by atoms with Crippen molar-refractivity contribution < 1.29 is 0 Å². The van der Waals surface area contributed by atoms with Crippen molar-refractivity contribution in [2.45, 2.75) is 13.3 Å². The van der Waals surface area contributed by atoms with Crippen molar-refractivity contribution in [3.63, 3.8) is 0 Å². The Hall–Kier alpha value is -1.55. The number of hydrogen-bond acceptors (Lipinski definition) is 3. The van der Waals surface area contributed by atoms with Gasteiger partial charge < -0.3 is 4.98 Å². The van der Waals surface area contributed by atoms with Gasteiger partial charge in [0, 0.05) is 23.7 Å². The van der Waals surface area contributed by atoms with Crippen LogP contribution >= 0.6 is 12.2 Å². The Morgan fingerprint density at radius 2 is 2.07 bits per heavy atom. The molecule has 15 heavy (non-hydrogen) atoms. The van der Waals surface area contributed by atoms with Crippen molar-refractivity contribution in [3.8, 4) is 11.4 Å². The van der Waals surface area contributed by atoms with Gasteiger partial charge in [-0.05, 0) is 24.6 Å². The first-order valence-corrected chi connectivity index (χ1v) is 5.21. The highest BCUT2D eigenvalue weighted by Crippen LogP contribution is 2.13. The zero-order chi connectivity index (χ0) is 10.7. The molecule has 3 nitrogen and oxygen atoms in total. The second kappa shape index (κ2) is 4.31. The molecule has 0 aromatic carbocycles. The van der Waals surface area contributed by atoms with Crippen LogP contribution in [0.3, 0.4) is 0 Å². The smallest absolute Gasteiger partial charge is 0.139 e. The highest BCUT2D eigenvalue weighted by molar-refractivity contribution is 7.71. The van der Waals surface area contributed by atoms with E-state index in [1.165, 1.54) is 0 Å². The first kappa shape index (κ1) is 9.98. The molecule has 0 unspecified atom stereocenters. The maximum atomic E-state index is 5.11. The van der Waals surface area contributed by atoms with E-state index in [1.807, 2.05) is 18.2 Å². The van der Waals surface area contributed by atoms with Gasteiger partial charge in [-0.1, -0.05) is 19.1 Å². The minimum Gasteiger partial charge on any atom is -0.343 e. The van der Waals surface area contributed by atoms with Crippen molar-refractivity contribution >= 4 is 12.2 Å². The third-order valence-electron chi connectivity index (χ3n) is 2.13. The van der Waals surface area contributed by atoms with E-state index in [4.69, 9.17) is 12.2 Å². The molecule has 2 heterocycles. The minimum absolute atomic E-state index is 0.623. The van der Waals surface area contributed by atoms with E-state index in [1.54, 1.807) is 12.4 Å². The molecule has 0 amide bonds. The molecule has 0 aliphatic carbocycles. The molecule has 0 aliphatic rings. The highest BCUT2D eigenvalue weighted by atomic mass is 32.1. The van der Waals surface area contributed by atoms with Gasteiger partial charge in [-0.3, -0.25) is 4.98 Å². The molecule has 4 heteroatoms. The summed E-state index contributed by atoms with van der Waals surface area (Å²) in [6, 6.07) is 5.71. The van der Waals surface area contributed by atoms with Crippen LogP contribution in [0.1, 0.15) is 12.6 Å². The van der Waals surface area contributed by atoms with Crippen molar-refractivity contribution in [1.82, 2.24) is 15.0 Å². The Morgan fingerprint density at radius 3 is 2.73 bits per heavy atom. The number of hydrogen-bond donors (Lipinski definition) is 1. The lowest BCUT2D eigenvalue weighted by Gasteiger charge is -2.03. The summed E-state index contributed by atoms with van der Waals surface area (Å²) in [5.74, 6) is 0.807. The highest BCUT2D eigenvalue weighted by Gasteiger charge is 2.00. The van der Waals surface area contributed by atoms with Crippen LogP contribution in [0.25, 0.3) is 11.4 Å². The largest absolute Gasteiger partial charge is 0.343 e. The van der Waals surface area contributed by atoms with Gasteiger partial charge in [0.15, 0.2) is 0 Å². The van der Waals surface area contributed by atoms with Crippen molar-refractivity contribution in [3.05, 3.63) is 40.9 Å². The first-order chi connectivity index (χ1) is 7.29. The number of aromatic amines is 1. The van der Waals surface area contributed by atoms with Crippen LogP contribution in [0.5, 0.6) is 0 Å². The molecule has 76 valence electrons. The fourth-order valence-corrected chi connectivity index (χ4v) is 1.58. The maximum Gasteiger partial charge on any atom is 0.139 e. The molecule has 0 aliphatic heterocycles. The van der Waals surface area contributed by atoms with Crippen molar-refractivity contribution in [2.75, 3.05) is 0 Å². The quantitative estimate of drug-likeness (QED) is 0.786. The van der Waals surface area contributed by atoms with Gasteiger partial charge in [-0.25, -0.2) is 4.98 Å². The molecule has 2 aromatic heterocycles. The standard InChI is InChI=1S/C11H11N3S/c1-2-9-7-10(15)14-11(13-9)8-3-5-12-6-4-8/h3-7H,2H2,1H3,(H,13,14,15). The summed E-state index contributed by atoms with van der Waals surface area (Å²) in [4.78, 5) is 11.5. The van der Waals surface area contributed by atoms with E-state index in [-0.39, 0.29) is 0 Å². The third-order valence-corrected chi connectivity index (χ3v) is 2.34. The summed E-state index contributed by atoms with van der Waals surface area (Å²) in [6.45, 7) is 2.08. The van der Waals surface area contributed by atoms with Gasteiger partial charge in [-0.2, -0.15) is 0 Å². The van der Waals surface area contributed by atoms with Gasteiger partial charge in [0.1, 0.15) is 10.5 Å². The second-order valence-electron chi connectivity index (χ2n) is 3.18. The molecular formula is C11H11N3S. The van der Waals surface area contributed by atoms with Crippen LogP contribution in [0.2, 0.25) is 0 Å². The molecule has 0 saturated carbocycles. The molecule has 2 aromatic rings. The van der Waals surface area contributed by atoms with E-state index in [9.17, 15) is 0 Å². The number of H-pyrrole nitrogens is 1. The lowest BCUT2D eigenvalue weighted by molar-refractivity contribution is 0.998. The monoisotopic (exact) mass is 217 g/mol. The molecule has 0 radical (unpaired) electrons. The summed E-state index contributed by atoms with van der Waals surface area (Å²) in [6.07, 6.45) is 4.41. The number of aryl methyl sites for hydroxylation is 1. The van der Waals surface area contributed by atoms with E-state index < -0.39 is 0 Å². The van der Waals surface area contributed by atoms with Crippen LogP contribution in [-0.2, 0) is 6.42 Å². The molecular weight excluding hydrogens is 206 g/mol. The second-order valence-corrected chi connectivity index (χ2v) is 3.60. The summed E-state index contributed by atoms with van der Waals surface area (Å²) in [7, 11) is 0. The summed E-state index contributed by atoms with van der Waals surface area (Å²) in [5, 5.41) is 0. The molecule has 0 bridgehead atoms. The van der Waals surface area contributed by atoms with Gasteiger partial charge in [0.25, 0.3) is 0 Å². The topological polar surface area (TPSA) is 41.6 Å². The number of pyridine rings is 1. The Morgan fingerprint density at radius 1 is 1.33 bits per heavy atom. The molecule has 2 rings (SSSR count). The van der Waals surface area contributed by atoms with Gasteiger partial charge in [-0.15, -0.1) is 0 Å². The van der Waals surface area contributed by atoms with Crippen molar-refractivity contribution in [1.29, 1.82) is 0 Å². The summed E-state index contributed by atoms with van der Waals surface area (Å²) >= 11 is 5.11. The zero-order valence-electron chi connectivity index (χ0n) is 8.40. The molecule has 0 saturated heterocycles. The normalized spacial score (nSPS) is 10.2. The SMILES string of the molecule is CCc1cc(=S)nc(-c2ccncc2)[nH]1. The molecule has 0 fully saturated rings. The third kappa shape index (κ3) is 2.27. The zero-order valence-corrected chi connectivity index (χ0v) is 9.21. The van der Waals surface area contributed by atoms with E-state index in [2.05, 4.69) is 21.9 Å². The first-order valence-electron chi connectivity index (χ1n) is 4.80. The summed E-state index contributed by atoms with van der Waals surface area (Å²) < 4.78 is 0.623. The lowest BCUT2D eigenvalue weighted by atomic mass is 10.2. The predicted octanol–water partition coefficient (Wildman–Crippen LogP) is 2.76. The Kier molecular flexibility index (Phi) is 2.87. The average Bonchev–Trinajstić information content (AvgIpc) is 2.29. The number of rotatable bonds is 2. The molecule has 1 N–H and O–H groups in total. The number of aromatic nitrogens is 3. The van der Waals surface area contributed by atoms with E-state index in [0.29, 0.717) is 4.64 Å². The van der Waals surface area contributed by atoms with Crippen LogP contribution in [0.4, 0.5) is 0 Å². The maximum absolute atomic E-state index is 5.11. The van der Waals surface area contributed by atoms with Gasteiger partial charge in [0.2, 0.25) is 0 Å². The summed E-state index contributed by atoms with van der Waals surface area (Å²) in [5.41, 5.74) is 2.10. The van der Waals surface area contributed by atoms with Crippen molar-refractivity contribution in [2.24, 2.45) is 0 Å². The average molecular weight is 217 g/mol. The van der Waals surface area contributed by atoms with Gasteiger partial charge >= 0.3 is 0 Å². The fourth-order valence-electron chi connectivity index (χ4n) is 1.34. The van der Waals surface area contributed by atoms with E-state index >= 15 is 0 Å². The Labute approximate surface area is 93.2 Å². The predicted molar refractivity (Wildman–Crippen MR) is 62.0 cm³/mol. The molecule has 0 spiro atoms.